The second-order valence-corrected chi connectivity index (χ2v) is 4.37. The van der Waals surface area contributed by atoms with Crippen molar-refractivity contribution in [1.29, 1.82) is 0 Å². The highest BCUT2D eigenvalue weighted by Crippen LogP contribution is 2.29. The predicted octanol–water partition coefficient (Wildman–Crippen LogP) is 3.53. The summed E-state index contributed by atoms with van der Waals surface area (Å²) in [6, 6.07) is 10.9. The van der Waals surface area contributed by atoms with Gasteiger partial charge in [0.25, 0.3) is 0 Å². The summed E-state index contributed by atoms with van der Waals surface area (Å²) in [6.07, 6.45) is 0.683. The quantitative estimate of drug-likeness (QED) is 0.725. The van der Waals surface area contributed by atoms with Gasteiger partial charge >= 0.3 is 0 Å². The largest absolute Gasteiger partial charge is 0.384 e. The van der Waals surface area contributed by atoms with Crippen LogP contribution < -0.4 is 0 Å². The molecule has 3 rings (SSSR count). The molecule has 2 aromatic carbocycles. The highest BCUT2D eigenvalue weighted by atomic mass is 19.2. The monoisotopic (exact) mass is 259 g/mol. The maximum Gasteiger partial charge on any atom is 0.159 e. The summed E-state index contributed by atoms with van der Waals surface area (Å²) in [5.41, 5.74) is 1.85. The number of aliphatic hydroxyl groups is 1. The van der Waals surface area contributed by atoms with Crippen molar-refractivity contribution in [2.75, 3.05) is 0 Å². The average Bonchev–Trinajstić information content (AvgIpc) is 2.85. The fraction of sp³-hybridized carbons (Fsp3) is 0.0667. The molecule has 0 radical (unpaired) electrons. The Morgan fingerprint density at radius 2 is 1.79 bits per heavy atom. The van der Waals surface area contributed by atoms with Gasteiger partial charge in [-0.05, 0) is 23.8 Å². The average molecular weight is 259 g/mol. The van der Waals surface area contributed by atoms with Gasteiger partial charge in [-0.2, -0.15) is 0 Å². The summed E-state index contributed by atoms with van der Waals surface area (Å²) in [7, 11) is 0. The first-order chi connectivity index (χ1) is 9.16. The summed E-state index contributed by atoms with van der Waals surface area (Å²) in [6.45, 7) is 0. The Balaban J connectivity index is 2.08. The number of aromatic amines is 1. The third-order valence-electron chi connectivity index (χ3n) is 3.18. The van der Waals surface area contributed by atoms with E-state index < -0.39 is 17.7 Å². The summed E-state index contributed by atoms with van der Waals surface area (Å²) in [5.74, 6) is -1.88. The van der Waals surface area contributed by atoms with Gasteiger partial charge < -0.3 is 10.1 Å². The zero-order valence-corrected chi connectivity index (χ0v) is 9.90. The molecule has 1 heterocycles. The van der Waals surface area contributed by atoms with Crippen LogP contribution in [0.25, 0.3) is 10.9 Å². The Morgan fingerprint density at radius 3 is 2.58 bits per heavy atom. The van der Waals surface area contributed by atoms with Crippen LogP contribution in [-0.2, 0) is 0 Å². The number of aromatic nitrogens is 1. The van der Waals surface area contributed by atoms with Crippen molar-refractivity contribution in [2.45, 2.75) is 6.10 Å². The van der Waals surface area contributed by atoms with E-state index in [-0.39, 0.29) is 0 Å². The van der Waals surface area contributed by atoms with Crippen molar-refractivity contribution in [3.63, 3.8) is 0 Å². The van der Waals surface area contributed by atoms with Gasteiger partial charge in [0.05, 0.1) is 0 Å². The number of aliphatic hydroxyl groups excluding tert-OH is 1. The van der Waals surface area contributed by atoms with Crippen LogP contribution in [0.15, 0.2) is 48.7 Å². The molecule has 2 N–H and O–H groups in total. The van der Waals surface area contributed by atoms with Crippen LogP contribution in [0.1, 0.15) is 17.2 Å². The number of para-hydroxylation sites is 1. The van der Waals surface area contributed by atoms with Crippen LogP contribution in [0, 0.1) is 11.6 Å². The first-order valence-electron chi connectivity index (χ1n) is 5.86. The van der Waals surface area contributed by atoms with E-state index in [4.69, 9.17) is 0 Å². The highest BCUT2D eigenvalue weighted by molar-refractivity contribution is 5.83. The van der Waals surface area contributed by atoms with Gasteiger partial charge in [-0.25, -0.2) is 8.78 Å². The van der Waals surface area contributed by atoms with E-state index in [0.717, 1.165) is 23.0 Å². The van der Waals surface area contributed by atoms with Gasteiger partial charge in [-0.15, -0.1) is 0 Å². The molecule has 1 aromatic heterocycles. The van der Waals surface area contributed by atoms with Crippen LogP contribution in [0.4, 0.5) is 8.78 Å². The topological polar surface area (TPSA) is 36.0 Å². The molecular formula is C15H11F2NO. The van der Waals surface area contributed by atoms with E-state index in [1.807, 2.05) is 24.3 Å². The summed E-state index contributed by atoms with van der Waals surface area (Å²) < 4.78 is 26.1. The normalized spacial score (nSPS) is 12.8. The molecule has 0 saturated carbocycles. The lowest BCUT2D eigenvalue weighted by Crippen LogP contribution is -2.00. The molecule has 19 heavy (non-hydrogen) atoms. The van der Waals surface area contributed by atoms with E-state index in [1.165, 1.54) is 6.07 Å². The number of rotatable bonds is 2. The smallest absolute Gasteiger partial charge is 0.159 e. The molecule has 0 fully saturated rings. The van der Waals surface area contributed by atoms with E-state index in [2.05, 4.69) is 4.98 Å². The molecule has 0 saturated heterocycles. The number of halogens is 2. The lowest BCUT2D eigenvalue weighted by Gasteiger charge is -2.10. The van der Waals surface area contributed by atoms with E-state index in [0.29, 0.717) is 11.1 Å². The highest BCUT2D eigenvalue weighted by Gasteiger charge is 2.16. The fourth-order valence-electron chi connectivity index (χ4n) is 2.18. The Kier molecular flexibility index (Phi) is 2.80. The van der Waals surface area contributed by atoms with Gasteiger partial charge in [0.2, 0.25) is 0 Å². The first-order valence-corrected chi connectivity index (χ1v) is 5.86. The Bertz CT molecular complexity index is 736. The molecule has 4 heteroatoms. The van der Waals surface area contributed by atoms with Crippen molar-refractivity contribution in [1.82, 2.24) is 4.98 Å². The van der Waals surface area contributed by atoms with Gasteiger partial charge in [0.1, 0.15) is 6.10 Å². The molecule has 0 aliphatic carbocycles. The number of hydrogen-bond acceptors (Lipinski definition) is 1. The Morgan fingerprint density at radius 1 is 1.00 bits per heavy atom. The summed E-state index contributed by atoms with van der Waals surface area (Å²) >= 11 is 0. The number of benzene rings is 2. The lowest BCUT2D eigenvalue weighted by atomic mass is 10.0. The summed E-state index contributed by atoms with van der Waals surface area (Å²) in [4.78, 5) is 3.04. The van der Waals surface area contributed by atoms with E-state index in [1.54, 1.807) is 6.20 Å². The van der Waals surface area contributed by atoms with Crippen LogP contribution >= 0.6 is 0 Å². The van der Waals surface area contributed by atoms with Crippen molar-refractivity contribution in [3.8, 4) is 0 Å². The minimum absolute atomic E-state index is 0.323. The van der Waals surface area contributed by atoms with Crippen molar-refractivity contribution >= 4 is 10.9 Å². The van der Waals surface area contributed by atoms with Crippen LogP contribution in [0.2, 0.25) is 0 Å². The van der Waals surface area contributed by atoms with Gasteiger partial charge in [0.15, 0.2) is 11.6 Å². The second kappa shape index (κ2) is 4.48. The molecule has 1 atom stereocenters. The lowest BCUT2D eigenvalue weighted by molar-refractivity contribution is 0.221. The van der Waals surface area contributed by atoms with E-state index >= 15 is 0 Å². The minimum atomic E-state index is -0.994. The second-order valence-electron chi connectivity index (χ2n) is 4.37. The number of fused-ring (bicyclic) bond motifs is 1. The number of nitrogens with one attached hydrogen (secondary N) is 1. The SMILES string of the molecule is OC(c1ccc(F)c(F)c1)c1c[nH]c2ccccc12. The molecule has 0 amide bonds. The molecule has 3 aromatic rings. The molecule has 0 spiro atoms. The number of hydrogen-bond donors (Lipinski definition) is 2. The van der Waals surface area contributed by atoms with Crippen LogP contribution in [0.5, 0.6) is 0 Å². The Labute approximate surface area is 108 Å². The molecule has 2 nitrogen and oxygen atoms in total. The van der Waals surface area contributed by atoms with Crippen LogP contribution in [-0.4, -0.2) is 10.1 Å². The zero-order chi connectivity index (χ0) is 13.4. The zero-order valence-electron chi connectivity index (χ0n) is 9.90. The maximum atomic E-state index is 13.2. The maximum absolute atomic E-state index is 13.2. The third-order valence-corrected chi connectivity index (χ3v) is 3.18. The molecule has 0 aliphatic heterocycles. The van der Waals surface area contributed by atoms with Crippen molar-refractivity contribution < 1.29 is 13.9 Å². The molecule has 0 bridgehead atoms. The first kappa shape index (κ1) is 11.9. The molecular weight excluding hydrogens is 248 g/mol. The van der Waals surface area contributed by atoms with Crippen molar-refractivity contribution in [3.05, 3.63) is 71.4 Å². The van der Waals surface area contributed by atoms with Crippen molar-refractivity contribution in [2.24, 2.45) is 0 Å². The van der Waals surface area contributed by atoms with Gasteiger partial charge in [-0.3, -0.25) is 0 Å². The fourth-order valence-corrected chi connectivity index (χ4v) is 2.18. The molecule has 0 aliphatic rings. The van der Waals surface area contributed by atoms with Gasteiger partial charge in [0, 0.05) is 22.7 Å². The Hall–Kier alpha value is -2.20. The van der Waals surface area contributed by atoms with Gasteiger partial charge in [-0.1, -0.05) is 24.3 Å². The van der Waals surface area contributed by atoms with E-state index in [9.17, 15) is 13.9 Å². The molecule has 96 valence electrons. The third kappa shape index (κ3) is 2.00. The minimum Gasteiger partial charge on any atom is -0.384 e. The predicted molar refractivity (Wildman–Crippen MR) is 68.7 cm³/mol. The van der Waals surface area contributed by atoms with Crippen LogP contribution in [0.3, 0.4) is 0 Å². The standard InChI is InChI=1S/C15H11F2NO/c16-12-6-5-9(7-13(12)17)15(19)11-8-18-14-4-2-1-3-10(11)14/h1-8,15,18-19H. The summed E-state index contributed by atoms with van der Waals surface area (Å²) in [5, 5.41) is 11.1. The molecule has 1 unspecified atom stereocenters. The number of H-pyrrole nitrogens is 1.